The SMILES string of the molecule is COc1ccc(-c2cc(C(F)(F)F)n3ncc(C(=O)Nc4ccn(Cc5ccc(C)cc5)n4)c3n2)cc1. The van der Waals surface area contributed by atoms with Crippen molar-refractivity contribution in [3.63, 3.8) is 0 Å². The molecule has 0 saturated carbocycles. The van der Waals surface area contributed by atoms with Crippen LogP contribution in [0.2, 0.25) is 0 Å². The molecule has 5 rings (SSSR count). The number of aromatic nitrogens is 5. The number of carbonyl (C=O) groups is 1. The van der Waals surface area contributed by atoms with Gasteiger partial charge in [-0.1, -0.05) is 29.8 Å². The first-order valence-electron chi connectivity index (χ1n) is 11.2. The zero-order chi connectivity index (χ0) is 26.2. The van der Waals surface area contributed by atoms with Crippen LogP contribution >= 0.6 is 0 Å². The van der Waals surface area contributed by atoms with E-state index in [1.54, 1.807) is 41.2 Å². The fourth-order valence-corrected chi connectivity index (χ4v) is 3.82. The third-order valence-corrected chi connectivity index (χ3v) is 5.74. The number of rotatable bonds is 6. The maximum atomic E-state index is 13.9. The van der Waals surface area contributed by atoms with Gasteiger partial charge in [-0.15, -0.1) is 0 Å². The predicted molar refractivity (Wildman–Crippen MR) is 130 cm³/mol. The second-order valence-electron chi connectivity index (χ2n) is 8.38. The Morgan fingerprint density at radius 2 is 1.78 bits per heavy atom. The lowest BCUT2D eigenvalue weighted by Crippen LogP contribution is -2.16. The van der Waals surface area contributed by atoms with Gasteiger partial charge in [0.15, 0.2) is 17.2 Å². The Morgan fingerprint density at radius 3 is 2.46 bits per heavy atom. The average Bonchev–Trinajstić information content (AvgIpc) is 3.51. The molecule has 0 aliphatic heterocycles. The summed E-state index contributed by atoms with van der Waals surface area (Å²) in [7, 11) is 1.49. The van der Waals surface area contributed by atoms with Crippen LogP contribution < -0.4 is 10.1 Å². The number of hydrogen-bond donors (Lipinski definition) is 1. The summed E-state index contributed by atoms with van der Waals surface area (Å²) in [5, 5.41) is 10.8. The third-order valence-electron chi connectivity index (χ3n) is 5.74. The van der Waals surface area contributed by atoms with Gasteiger partial charge in [-0.2, -0.15) is 23.4 Å². The van der Waals surface area contributed by atoms with Gasteiger partial charge in [0.25, 0.3) is 5.91 Å². The van der Waals surface area contributed by atoms with Crippen LogP contribution in [0.15, 0.2) is 73.1 Å². The van der Waals surface area contributed by atoms with Gasteiger partial charge in [-0.25, -0.2) is 9.50 Å². The Kier molecular flexibility index (Phi) is 6.12. The van der Waals surface area contributed by atoms with Crippen molar-refractivity contribution in [1.82, 2.24) is 24.4 Å². The number of anilines is 1. The van der Waals surface area contributed by atoms with Crippen molar-refractivity contribution in [2.24, 2.45) is 0 Å². The van der Waals surface area contributed by atoms with E-state index in [1.165, 1.54) is 7.11 Å². The standard InChI is InChI=1S/C26H21F3N6O2/c1-16-3-5-17(6-4-16)15-34-12-11-23(33-34)32-25(36)20-14-30-35-22(26(27,28)29)13-21(31-24(20)35)18-7-9-19(37-2)10-8-18/h3-14H,15H2,1-2H3,(H,32,33,36). The first-order valence-corrected chi connectivity index (χ1v) is 11.2. The van der Waals surface area contributed by atoms with Crippen LogP contribution in [0, 0.1) is 6.92 Å². The van der Waals surface area contributed by atoms with Crippen molar-refractivity contribution in [3.8, 4) is 17.0 Å². The van der Waals surface area contributed by atoms with Crippen LogP contribution in [0.4, 0.5) is 19.0 Å². The molecule has 8 nitrogen and oxygen atoms in total. The molecule has 0 aliphatic rings. The van der Waals surface area contributed by atoms with Crippen molar-refractivity contribution in [1.29, 1.82) is 0 Å². The summed E-state index contributed by atoms with van der Waals surface area (Å²) >= 11 is 0. The smallest absolute Gasteiger partial charge is 0.433 e. The van der Waals surface area contributed by atoms with E-state index in [1.807, 2.05) is 31.2 Å². The number of nitrogens with zero attached hydrogens (tertiary/aromatic N) is 5. The third kappa shape index (κ3) is 5.01. The monoisotopic (exact) mass is 506 g/mol. The van der Waals surface area contributed by atoms with Gasteiger partial charge in [0, 0.05) is 17.8 Å². The largest absolute Gasteiger partial charge is 0.497 e. The molecule has 37 heavy (non-hydrogen) atoms. The van der Waals surface area contributed by atoms with Crippen LogP contribution in [-0.4, -0.2) is 37.4 Å². The molecule has 188 valence electrons. The highest BCUT2D eigenvalue weighted by atomic mass is 19.4. The summed E-state index contributed by atoms with van der Waals surface area (Å²) in [4.78, 5) is 17.4. The van der Waals surface area contributed by atoms with E-state index in [-0.39, 0.29) is 22.7 Å². The van der Waals surface area contributed by atoms with Gasteiger partial charge in [-0.3, -0.25) is 9.48 Å². The molecule has 0 unspecified atom stereocenters. The topological polar surface area (TPSA) is 86.3 Å². The van der Waals surface area contributed by atoms with Crippen molar-refractivity contribution in [2.45, 2.75) is 19.6 Å². The molecule has 1 amide bonds. The minimum absolute atomic E-state index is 0.0411. The van der Waals surface area contributed by atoms with E-state index in [2.05, 4.69) is 20.5 Å². The zero-order valence-electron chi connectivity index (χ0n) is 19.8. The lowest BCUT2D eigenvalue weighted by Gasteiger charge is -2.12. The normalized spacial score (nSPS) is 11.6. The van der Waals surface area contributed by atoms with Gasteiger partial charge in [0.1, 0.15) is 11.3 Å². The predicted octanol–water partition coefficient (Wildman–Crippen LogP) is 5.23. The maximum absolute atomic E-state index is 13.9. The first kappa shape index (κ1) is 24.0. The maximum Gasteiger partial charge on any atom is 0.433 e. The molecule has 0 atom stereocenters. The zero-order valence-corrected chi connectivity index (χ0v) is 19.8. The van der Waals surface area contributed by atoms with Crippen LogP contribution in [-0.2, 0) is 12.7 Å². The molecule has 11 heteroatoms. The fraction of sp³-hybridized carbons (Fsp3) is 0.154. The first-order chi connectivity index (χ1) is 17.7. The van der Waals surface area contributed by atoms with Gasteiger partial charge in [-0.05, 0) is 42.8 Å². The summed E-state index contributed by atoms with van der Waals surface area (Å²) in [5.74, 6) is 0.119. The Balaban J connectivity index is 1.45. The number of fused-ring (bicyclic) bond motifs is 1. The van der Waals surface area contributed by atoms with Crippen LogP contribution in [0.25, 0.3) is 16.9 Å². The van der Waals surface area contributed by atoms with Gasteiger partial charge >= 0.3 is 6.18 Å². The van der Waals surface area contributed by atoms with Gasteiger partial charge in [0.05, 0.1) is 25.5 Å². The highest BCUT2D eigenvalue weighted by molar-refractivity contribution is 6.07. The van der Waals surface area contributed by atoms with E-state index in [0.717, 1.165) is 23.4 Å². The molecule has 0 spiro atoms. The number of benzene rings is 2. The molecule has 0 radical (unpaired) electrons. The minimum atomic E-state index is -4.73. The number of amides is 1. The van der Waals surface area contributed by atoms with E-state index >= 15 is 0 Å². The Hall–Kier alpha value is -4.67. The molecule has 0 aliphatic carbocycles. The number of ether oxygens (including phenoxy) is 1. The van der Waals surface area contributed by atoms with Crippen molar-refractivity contribution < 1.29 is 22.7 Å². The molecular weight excluding hydrogens is 485 g/mol. The molecule has 0 fully saturated rings. The summed E-state index contributed by atoms with van der Waals surface area (Å²) < 4.78 is 49.0. The van der Waals surface area contributed by atoms with Gasteiger partial charge < -0.3 is 10.1 Å². The number of halogens is 3. The Bertz CT molecular complexity index is 1570. The highest BCUT2D eigenvalue weighted by Gasteiger charge is 2.36. The number of hydrogen-bond acceptors (Lipinski definition) is 5. The van der Waals surface area contributed by atoms with E-state index in [4.69, 9.17) is 4.74 Å². The lowest BCUT2D eigenvalue weighted by atomic mass is 10.1. The number of alkyl halides is 3. The molecule has 3 heterocycles. The van der Waals surface area contributed by atoms with Crippen LogP contribution in [0.3, 0.4) is 0 Å². The Labute approximate surface area is 209 Å². The Morgan fingerprint density at radius 1 is 1.05 bits per heavy atom. The van der Waals surface area contributed by atoms with Crippen LogP contribution in [0.5, 0.6) is 5.75 Å². The number of nitrogens with one attached hydrogen (secondary N) is 1. The molecule has 2 aromatic carbocycles. The number of methoxy groups -OCH3 is 1. The molecule has 1 N–H and O–H groups in total. The quantitative estimate of drug-likeness (QED) is 0.341. The van der Waals surface area contributed by atoms with Crippen molar-refractivity contribution >= 4 is 17.4 Å². The minimum Gasteiger partial charge on any atom is -0.497 e. The lowest BCUT2D eigenvalue weighted by molar-refractivity contribution is -0.142. The number of carbonyl (C=O) groups excluding carboxylic acids is 1. The van der Waals surface area contributed by atoms with E-state index < -0.39 is 17.8 Å². The van der Waals surface area contributed by atoms with E-state index in [0.29, 0.717) is 22.4 Å². The summed E-state index contributed by atoms with van der Waals surface area (Å²) in [6, 6.07) is 16.9. The van der Waals surface area contributed by atoms with Crippen molar-refractivity contribution in [3.05, 3.63) is 95.4 Å². The van der Waals surface area contributed by atoms with Crippen molar-refractivity contribution in [2.75, 3.05) is 12.4 Å². The highest BCUT2D eigenvalue weighted by Crippen LogP contribution is 2.33. The second kappa shape index (κ2) is 9.41. The second-order valence-corrected chi connectivity index (χ2v) is 8.38. The fourth-order valence-electron chi connectivity index (χ4n) is 3.82. The summed E-state index contributed by atoms with van der Waals surface area (Å²) in [6.45, 7) is 2.49. The van der Waals surface area contributed by atoms with Gasteiger partial charge in [0.2, 0.25) is 0 Å². The summed E-state index contributed by atoms with van der Waals surface area (Å²) in [6.07, 6.45) is -1.96. The summed E-state index contributed by atoms with van der Waals surface area (Å²) in [5.41, 5.74) is 1.25. The molecule has 0 saturated heterocycles. The number of aryl methyl sites for hydroxylation is 1. The van der Waals surface area contributed by atoms with E-state index in [9.17, 15) is 18.0 Å². The molecular formula is C26H21F3N6O2. The van der Waals surface area contributed by atoms with Crippen LogP contribution in [0.1, 0.15) is 27.2 Å². The molecule has 5 aromatic rings. The molecule has 0 bridgehead atoms. The molecule has 3 aromatic heterocycles. The average molecular weight is 506 g/mol.